The lowest BCUT2D eigenvalue weighted by molar-refractivity contribution is 0.348. The Morgan fingerprint density at radius 3 is 3.07 bits per heavy atom. The Kier molecular flexibility index (Phi) is 3.39. The van der Waals surface area contributed by atoms with Crippen LogP contribution >= 0.6 is 0 Å². The molecule has 2 atom stereocenters. The third-order valence-electron chi connectivity index (χ3n) is 3.44. The summed E-state index contributed by atoms with van der Waals surface area (Å²) in [7, 11) is 0. The van der Waals surface area contributed by atoms with Gasteiger partial charge in [0.2, 0.25) is 0 Å². The van der Waals surface area contributed by atoms with Crippen LogP contribution in [0.5, 0.6) is 0 Å². The van der Waals surface area contributed by atoms with Crippen LogP contribution in [-0.4, -0.2) is 13.1 Å². The van der Waals surface area contributed by atoms with Crippen LogP contribution in [0, 0.1) is 5.92 Å². The summed E-state index contributed by atoms with van der Waals surface area (Å²) in [4.78, 5) is 0. The van der Waals surface area contributed by atoms with Gasteiger partial charge in [0.05, 0.1) is 0 Å². The minimum Gasteiger partial charge on any atom is -0.326 e. The Bertz CT molecular complexity index is 322. The molecule has 1 fully saturated rings. The van der Waals surface area contributed by atoms with Crippen molar-refractivity contribution in [2.75, 3.05) is 13.1 Å². The Balaban J connectivity index is 2.19. The lowest BCUT2D eigenvalue weighted by Gasteiger charge is -2.30. The van der Waals surface area contributed by atoms with E-state index in [1.807, 2.05) is 0 Å². The van der Waals surface area contributed by atoms with Crippen molar-refractivity contribution in [1.29, 1.82) is 0 Å². The summed E-state index contributed by atoms with van der Waals surface area (Å²) in [6.45, 7) is 5.26. The number of hydrogen-bond donors (Lipinski definition) is 2. The molecule has 0 radical (unpaired) electrons. The van der Waals surface area contributed by atoms with Gasteiger partial charge >= 0.3 is 0 Å². The van der Waals surface area contributed by atoms with Crippen LogP contribution in [0.1, 0.15) is 30.4 Å². The molecule has 0 aliphatic carbocycles. The van der Waals surface area contributed by atoms with Crippen molar-refractivity contribution in [3.05, 3.63) is 35.4 Å². The molecule has 2 heteroatoms. The molecule has 1 aromatic carbocycles. The molecule has 0 saturated carbocycles. The predicted molar refractivity (Wildman–Crippen MR) is 63.7 cm³/mol. The summed E-state index contributed by atoms with van der Waals surface area (Å²) in [5.41, 5.74) is 8.35. The number of rotatable bonds is 2. The van der Waals surface area contributed by atoms with Gasteiger partial charge in [-0.05, 0) is 35.9 Å². The molecule has 3 N–H and O–H groups in total. The van der Waals surface area contributed by atoms with Gasteiger partial charge in [-0.2, -0.15) is 0 Å². The highest BCUT2D eigenvalue weighted by Crippen LogP contribution is 2.29. The van der Waals surface area contributed by atoms with Gasteiger partial charge in [0, 0.05) is 13.1 Å². The van der Waals surface area contributed by atoms with Crippen molar-refractivity contribution in [3.8, 4) is 0 Å². The molecule has 0 aromatic heterocycles. The summed E-state index contributed by atoms with van der Waals surface area (Å²) < 4.78 is 0. The molecule has 0 bridgehead atoms. The first kappa shape index (κ1) is 10.7. The average molecular weight is 204 g/mol. The first-order valence-electron chi connectivity index (χ1n) is 5.81. The minimum absolute atomic E-state index is 0.641. The zero-order chi connectivity index (χ0) is 10.7. The SMILES string of the molecule is CC1CCNCC1c1cccc(CN)c1. The fourth-order valence-corrected chi connectivity index (χ4v) is 2.39. The monoisotopic (exact) mass is 204 g/mol. The molecule has 1 aliphatic rings. The van der Waals surface area contributed by atoms with E-state index >= 15 is 0 Å². The maximum Gasteiger partial charge on any atom is 0.0178 e. The molecule has 0 spiro atoms. The van der Waals surface area contributed by atoms with E-state index in [4.69, 9.17) is 5.73 Å². The fraction of sp³-hybridized carbons (Fsp3) is 0.538. The summed E-state index contributed by atoms with van der Waals surface area (Å²) in [5, 5.41) is 3.47. The molecular weight excluding hydrogens is 184 g/mol. The summed E-state index contributed by atoms with van der Waals surface area (Å²) in [5.74, 6) is 1.43. The second-order valence-electron chi connectivity index (χ2n) is 4.53. The highest BCUT2D eigenvalue weighted by Gasteiger charge is 2.22. The molecular formula is C13H20N2. The Morgan fingerprint density at radius 1 is 1.47 bits per heavy atom. The lowest BCUT2D eigenvalue weighted by Crippen LogP contribution is -2.33. The first-order chi connectivity index (χ1) is 7.31. The smallest absolute Gasteiger partial charge is 0.0178 e. The van der Waals surface area contributed by atoms with Crippen molar-refractivity contribution in [2.45, 2.75) is 25.8 Å². The van der Waals surface area contributed by atoms with Crippen molar-refractivity contribution in [2.24, 2.45) is 11.7 Å². The fourth-order valence-electron chi connectivity index (χ4n) is 2.39. The number of hydrogen-bond acceptors (Lipinski definition) is 2. The molecule has 1 aliphatic heterocycles. The molecule has 1 heterocycles. The van der Waals surface area contributed by atoms with Gasteiger partial charge in [-0.25, -0.2) is 0 Å². The van der Waals surface area contributed by atoms with Crippen LogP contribution in [0.2, 0.25) is 0 Å². The van der Waals surface area contributed by atoms with Crippen molar-refractivity contribution >= 4 is 0 Å². The molecule has 2 unspecified atom stereocenters. The quantitative estimate of drug-likeness (QED) is 0.771. The van der Waals surface area contributed by atoms with E-state index in [-0.39, 0.29) is 0 Å². The maximum atomic E-state index is 5.67. The molecule has 15 heavy (non-hydrogen) atoms. The molecule has 2 nitrogen and oxygen atoms in total. The number of nitrogens with one attached hydrogen (secondary N) is 1. The topological polar surface area (TPSA) is 38.0 Å². The van der Waals surface area contributed by atoms with Gasteiger partial charge in [0.1, 0.15) is 0 Å². The molecule has 2 rings (SSSR count). The van der Waals surface area contributed by atoms with Crippen LogP contribution in [0.3, 0.4) is 0 Å². The predicted octanol–water partition coefficient (Wildman–Crippen LogP) is 1.86. The minimum atomic E-state index is 0.641. The third-order valence-corrected chi connectivity index (χ3v) is 3.44. The van der Waals surface area contributed by atoms with Crippen LogP contribution in [0.15, 0.2) is 24.3 Å². The largest absolute Gasteiger partial charge is 0.326 e. The summed E-state index contributed by atoms with van der Waals surface area (Å²) >= 11 is 0. The van der Waals surface area contributed by atoms with Gasteiger partial charge in [0.15, 0.2) is 0 Å². The van der Waals surface area contributed by atoms with Gasteiger partial charge in [-0.15, -0.1) is 0 Å². The van der Waals surface area contributed by atoms with Crippen LogP contribution in [0.25, 0.3) is 0 Å². The van der Waals surface area contributed by atoms with Crippen LogP contribution in [0.4, 0.5) is 0 Å². The van der Waals surface area contributed by atoms with Crippen molar-refractivity contribution in [1.82, 2.24) is 5.32 Å². The molecule has 0 amide bonds. The highest BCUT2D eigenvalue weighted by molar-refractivity contribution is 5.27. The van der Waals surface area contributed by atoms with Crippen molar-refractivity contribution in [3.63, 3.8) is 0 Å². The Hall–Kier alpha value is -0.860. The summed E-state index contributed by atoms with van der Waals surface area (Å²) in [6, 6.07) is 8.71. The third kappa shape index (κ3) is 2.39. The maximum absolute atomic E-state index is 5.67. The number of benzene rings is 1. The zero-order valence-corrected chi connectivity index (χ0v) is 9.37. The van der Waals surface area contributed by atoms with Gasteiger partial charge < -0.3 is 11.1 Å². The number of piperidine rings is 1. The normalized spacial score (nSPS) is 26.5. The second-order valence-corrected chi connectivity index (χ2v) is 4.53. The van der Waals surface area contributed by atoms with E-state index < -0.39 is 0 Å². The zero-order valence-electron chi connectivity index (χ0n) is 9.37. The highest BCUT2D eigenvalue weighted by atomic mass is 14.9. The van der Waals surface area contributed by atoms with Gasteiger partial charge in [-0.3, -0.25) is 0 Å². The number of nitrogens with two attached hydrogens (primary N) is 1. The van der Waals surface area contributed by atoms with E-state index in [1.54, 1.807) is 0 Å². The van der Waals surface area contributed by atoms with Crippen LogP contribution in [-0.2, 0) is 6.54 Å². The second kappa shape index (κ2) is 4.77. The van der Waals surface area contributed by atoms with Crippen LogP contribution < -0.4 is 11.1 Å². The van der Waals surface area contributed by atoms with E-state index in [9.17, 15) is 0 Å². The molecule has 1 saturated heterocycles. The summed E-state index contributed by atoms with van der Waals surface area (Å²) in [6.07, 6.45) is 1.28. The van der Waals surface area contributed by atoms with E-state index in [0.29, 0.717) is 12.5 Å². The van der Waals surface area contributed by atoms with Gasteiger partial charge in [-0.1, -0.05) is 31.2 Å². The molecule has 1 aromatic rings. The van der Waals surface area contributed by atoms with Gasteiger partial charge in [0.25, 0.3) is 0 Å². The first-order valence-corrected chi connectivity index (χ1v) is 5.81. The lowest BCUT2D eigenvalue weighted by atomic mass is 9.82. The Labute approximate surface area is 91.9 Å². The Morgan fingerprint density at radius 2 is 2.33 bits per heavy atom. The standard InChI is InChI=1S/C13H20N2/c1-10-5-6-15-9-13(10)12-4-2-3-11(7-12)8-14/h2-4,7,10,13,15H,5-6,8-9,14H2,1H3. The van der Waals surface area contributed by atoms with E-state index in [0.717, 1.165) is 19.0 Å². The average Bonchev–Trinajstić information content (AvgIpc) is 2.30. The van der Waals surface area contributed by atoms with E-state index in [2.05, 4.69) is 36.5 Å². The molecule has 82 valence electrons. The van der Waals surface area contributed by atoms with Crippen molar-refractivity contribution < 1.29 is 0 Å². The van der Waals surface area contributed by atoms with E-state index in [1.165, 1.54) is 17.5 Å².